The van der Waals surface area contributed by atoms with Crippen LogP contribution in [0.3, 0.4) is 0 Å². The molecule has 0 amide bonds. The Bertz CT molecular complexity index is 519. The Morgan fingerprint density at radius 1 is 1.12 bits per heavy atom. The minimum atomic E-state index is -0.629. The summed E-state index contributed by atoms with van der Waals surface area (Å²) in [4.78, 5) is 7.15. The third-order valence-corrected chi connectivity index (χ3v) is 2.48. The largest absolute Gasteiger partial charge is 0.339 e. The van der Waals surface area contributed by atoms with Crippen LogP contribution in [0.25, 0.3) is 0 Å². The molecule has 82 valence electrons. The Morgan fingerprint density at radius 3 is 2.62 bits per heavy atom. The zero-order chi connectivity index (χ0) is 11.5. The Balaban J connectivity index is 2.27. The fourth-order valence-electron chi connectivity index (χ4n) is 1.13. The first-order chi connectivity index (χ1) is 7.65. The lowest BCUT2D eigenvalue weighted by molar-refractivity contribution is 0.580. The molecule has 2 aromatic rings. The smallest absolute Gasteiger partial charge is 0.218 e. The molecule has 0 aliphatic heterocycles. The number of halogens is 3. The van der Waals surface area contributed by atoms with Gasteiger partial charge in [0.15, 0.2) is 0 Å². The van der Waals surface area contributed by atoms with Gasteiger partial charge in [0.05, 0.1) is 5.69 Å². The van der Waals surface area contributed by atoms with Crippen molar-refractivity contribution in [3.05, 3.63) is 46.8 Å². The Labute approximate surface area is 98.7 Å². The third-order valence-electron chi connectivity index (χ3n) is 1.83. The van der Waals surface area contributed by atoms with E-state index in [4.69, 9.17) is 0 Å². The van der Waals surface area contributed by atoms with E-state index in [0.29, 0.717) is 16.0 Å². The second-order valence-corrected chi connectivity index (χ2v) is 3.83. The summed E-state index contributed by atoms with van der Waals surface area (Å²) in [5, 5.41) is 2.84. The topological polar surface area (TPSA) is 37.8 Å². The van der Waals surface area contributed by atoms with Crippen LogP contribution in [0.5, 0.6) is 0 Å². The average molecular weight is 286 g/mol. The molecule has 1 N–H and O–H groups in total. The molecule has 2 rings (SSSR count). The summed E-state index contributed by atoms with van der Waals surface area (Å²) in [6.45, 7) is 0. The van der Waals surface area contributed by atoms with Gasteiger partial charge in [-0.05, 0) is 34.1 Å². The van der Waals surface area contributed by atoms with Gasteiger partial charge in [-0.25, -0.2) is 14.4 Å². The van der Waals surface area contributed by atoms with E-state index in [-0.39, 0.29) is 5.82 Å². The standard InChI is InChI=1S/C10H6BrF2N3/c11-7-3-6(12)1-2-8(7)16-10-4-9(13)14-5-15-10/h1-5H,(H,14,15,16). The summed E-state index contributed by atoms with van der Waals surface area (Å²) in [6.07, 6.45) is 1.11. The number of benzene rings is 1. The summed E-state index contributed by atoms with van der Waals surface area (Å²) < 4.78 is 26.1. The normalized spacial score (nSPS) is 10.2. The maximum atomic E-state index is 12.8. The average Bonchev–Trinajstić information content (AvgIpc) is 2.22. The maximum absolute atomic E-state index is 12.8. The van der Waals surface area contributed by atoms with Crippen LogP contribution in [0, 0.1) is 11.8 Å². The van der Waals surface area contributed by atoms with Crippen molar-refractivity contribution in [2.45, 2.75) is 0 Å². The first-order valence-electron chi connectivity index (χ1n) is 4.35. The van der Waals surface area contributed by atoms with Crippen LogP contribution in [0.1, 0.15) is 0 Å². The Hall–Kier alpha value is -1.56. The van der Waals surface area contributed by atoms with Crippen molar-refractivity contribution in [3.63, 3.8) is 0 Å². The number of aromatic nitrogens is 2. The molecule has 0 unspecified atom stereocenters. The number of rotatable bonds is 2. The van der Waals surface area contributed by atoms with Crippen molar-refractivity contribution in [1.82, 2.24) is 9.97 Å². The highest BCUT2D eigenvalue weighted by Crippen LogP contribution is 2.25. The number of nitrogens with one attached hydrogen (secondary N) is 1. The molecule has 0 aliphatic carbocycles. The van der Waals surface area contributed by atoms with Crippen molar-refractivity contribution in [3.8, 4) is 0 Å². The highest BCUT2D eigenvalue weighted by molar-refractivity contribution is 9.10. The van der Waals surface area contributed by atoms with Crippen molar-refractivity contribution >= 4 is 27.4 Å². The van der Waals surface area contributed by atoms with Crippen molar-refractivity contribution in [1.29, 1.82) is 0 Å². The van der Waals surface area contributed by atoms with Gasteiger partial charge in [-0.2, -0.15) is 4.39 Å². The minimum absolute atomic E-state index is 0.305. The molecule has 1 heterocycles. The van der Waals surface area contributed by atoms with E-state index in [1.54, 1.807) is 0 Å². The number of hydrogen-bond acceptors (Lipinski definition) is 3. The molecule has 0 spiro atoms. The monoisotopic (exact) mass is 285 g/mol. The molecule has 0 atom stereocenters. The quantitative estimate of drug-likeness (QED) is 0.861. The van der Waals surface area contributed by atoms with E-state index < -0.39 is 5.95 Å². The molecule has 1 aromatic heterocycles. The molecular weight excluding hydrogens is 280 g/mol. The minimum Gasteiger partial charge on any atom is -0.339 e. The molecule has 3 nitrogen and oxygen atoms in total. The maximum Gasteiger partial charge on any atom is 0.218 e. The molecule has 6 heteroatoms. The summed E-state index contributed by atoms with van der Waals surface area (Å²) in [7, 11) is 0. The molecule has 0 saturated heterocycles. The number of hydrogen-bond donors (Lipinski definition) is 1. The van der Waals surface area contributed by atoms with Crippen LogP contribution in [0.2, 0.25) is 0 Å². The second kappa shape index (κ2) is 4.52. The Morgan fingerprint density at radius 2 is 1.94 bits per heavy atom. The molecule has 16 heavy (non-hydrogen) atoms. The van der Waals surface area contributed by atoms with Gasteiger partial charge < -0.3 is 5.32 Å². The van der Waals surface area contributed by atoms with Gasteiger partial charge in [-0.1, -0.05) is 0 Å². The van der Waals surface area contributed by atoms with Gasteiger partial charge in [-0.15, -0.1) is 0 Å². The van der Waals surface area contributed by atoms with Crippen molar-refractivity contribution in [2.75, 3.05) is 5.32 Å². The van der Waals surface area contributed by atoms with Crippen LogP contribution in [0.4, 0.5) is 20.3 Å². The summed E-state index contributed by atoms with van der Waals surface area (Å²) in [5.41, 5.74) is 0.597. The van der Waals surface area contributed by atoms with E-state index >= 15 is 0 Å². The Kier molecular flexibility index (Phi) is 3.09. The third kappa shape index (κ3) is 2.52. The van der Waals surface area contributed by atoms with E-state index in [0.717, 1.165) is 12.4 Å². The fourth-order valence-corrected chi connectivity index (χ4v) is 1.58. The molecular formula is C10H6BrF2N3. The predicted octanol–water partition coefficient (Wildman–Crippen LogP) is 3.26. The van der Waals surface area contributed by atoms with E-state index in [1.807, 2.05) is 0 Å². The number of nitrogens with zero attached hydrogens (tertiary/aromatic N) is 2. The molecule has 0 bridgehead atoms. The van der Waals surface area contributed by atoms with Crippen LogP contribution >= 0.6 is 15.9 Å². The fraction of sp³-hybridized carbons (Fsp3) is 0. The lowest BCUT2D eigenvalue weighted by Gasteiger charge is -2.07. The summed E-state index contributed by atoms with van der Waals surface area (Å²) in [5.74, 6) is -0.679. The van der Waals surface area contributed by atoms with Crippen molar-refractivity contribution in [2.24, 2.45) is 0 Å². The molecule has 0 aliphatic rings. The highest BCUT2D eigenvalue weighted by Gasteiger charge is 2.03. The molecule has 1 aromatic carbocycles. The lowest BCUT2D eigenvalue weighted by Crippen LogP contribution is -1.96. The summed E-state index contributed by atoms with van der Waals surface area (Å²) in [6, 6.07) is 5.28. The SMILES string of the molecule is Fc1ccc(Nc2cc(F)ncn2)c(Br)c1. The first-order valence-corrected chi connectivity index (χ1v) is 5.14. The van der Waals surface area contributed by atoms with E-state index in [9.17, 15) is 8.78 Å². The second-order valence-electron chi connectivity index (χ2n) is 2.98. The van der Waals surface area contributed by atoms with Gasteiger partial charge in [0.25, 0.3) is 0 Å². The van der Waals surface area contributed by atoms with E-state index in [1.165, 1.54) is 18.2 Å². The van der Waals surface area contributed by atoms with Crippen LogP contribution in [-0.2, 0) is 0 Å². The van der Waals surface area contributed by atoms with Gasteiger partial charge in [0.1, 0.15) is 18.0 Å². The van der Waals surface area contributed by atoms with Crippen LogP contribution in [-0.4, -0.2) is 9.97 Å². The zero-order valence-electron chi connectivity index (χ0n) is 7.92. The first kappa shape index (κ1) is 10.9. The zero-order valence-corrected chi connectivity index (χ0v) is 9.50. The summed E-state index contributed by atoms with van der Waals surface area (Å²) >= 11 is 3.18. The van der Waals surface area contributed by atoms with Gasteiger partial charge in [0, 0.05) is 10.5 Å². The molecule has 0 saturated carbocycles. The number of anilines is 2. The van der Waals surface area contributed by atoms with Gasteiger partial charge in [-0.3, -0.25) is 0 Å². The lowest BCUT2D eigenvalue weighted by atomic mass is 10.3. The van der Waals surface area contributed by atoms with Crippen molar-refractivity contribution < 1.29 is 8.78 Å². The highest BCUT2D eigenvalue weighted by atomic mass is 79.9. The van der Waals surface area contributed by atoms with Gasteiger partial charge >= 0.3 is 0 Å². The van der Waals surface area contributed by atoms with Crippen LogP contribution in [0.15, 0.2) is 35.1 Å². The van der Waals surface area contributed by atoms with Gasteiger partial charge in [0.2, 0.25) is 5.95 Å². The predicted molar refractivity (Wildman–Crippen MR) is 59.4 cm³/mol. The molecule has 0 fully saturated rings. The van der Waals surface area contributed by atoms with Crippen LogP contribution < -0.4 is 5.32 Å². The molecule has 0 radical (unpaired) electrons. The van der Waals surface area contributed by atoms with E-state index in [2.05, 4.69) is 31.2 Å².